The van der Waals surface area contributed by atoms with Crippen LogP contribution in [-0.2, 0) is 25.5 Å². The van der Waals surface area contributed by atoms with Gasteiger partial charge in [-0.1, -0.05) is 12.1 Å². The predicted molar refractivity (Wildman–Crippen MR) is 133 cm³/mol. The summed E-state index contributed by atoms with van der Waals surface area (Å²) in [6, 6.07) is 9.81. The Hall–Kier alpha value is -4.05. The van der Waals surface area contributed by atoms with Gasteiger partial charge in [0.2, 0.25) is 5.91 Å². The van der Waals surface area contributed by atoms with Gasteiger partial charge in [-0.05, 0) is 49.9 Å². The number of carbonyl (C=O) groups excluding carboxylic acids is 2. The Bertz CT molecular complexity index is 1180. The number of benzene rings is 1. The summed E-state index contributed by atoms with van der Waals surface area (Å²) >= 11 is 0. The summed E-state index contributed by atoms with van der Waals surface area (Å²) in [4.78, 5) is 41.5. The molecule has 1 unspecified atom stereocenters. The molecule has 3 rings (SSSR count). The normalized spacial score (nSPS) is 15.4. The van der Waals surface area contributed by atoms with Gasteiger partial charge in [-0.3, -0.25) is 19.9 Å². The van der Waals surface area contributed by atoms with E-state index in [1.165, 1.54) is 25.3 Å². The molecule has 0 radical (unpaired) electrons. The molecule has 1 aromatic carbocycles. The number of nitrogens with zero attached hydrogens (tertiary/aromatic N) is 2. The predicted octanol–water partition coefficient (Wildman–Crippen LogP) is 3.16. The van der Waals surface area contributed by atoms with Crippen LogP contribution in [0.5, 0.6) is 0 Å². The lowest BCUT2D eigenvalue weighted by Crippen LogP contribution is -2.37. The maximum atomic E-state index is 13.4. The highest BCUT2D eigenvalue weighted by atomic mass is 16.6. The van der Waals surface area contributed by atoms with Gasteiger partial charge in [0.05, 0.1) is 23.0 Å². The number of carbonyl (C=O) groups is 2. The Labute approximate surface area is 209 Å². The molecule has 1 aromatic heterocycles. The van der Waals surface area contributed by atoms with Gasteiger partial charge in [-0.25, -0.2) is 4.79 Å². The van der Waals surface area contributed by atoms with Crippen LogP contribution in [0.1, 0.15) is 37.3 Å². The maximum Gasteiger partial charge on any atom is 0.336 e. The highest BCUT2D eigenvalue weighted by Crippen LogP contribution is 2.39. The standard InChI is InChI=1S/C26H30N4O6/c1-17-22(25(31)28-11-5-6-19-9-12-27-13-10-19)24(20-7-4-8-21(16-20)30(33)34)23(18(2)29-17)26(32)36-15-14-35-3/h4,7-10,12-13,16,24,29H,5-6,11,14-15H2,1-3H3,(H,28,31). The molecule has 1 atom stereocenters. The lowest BCUT2D eigenvalue weighted by Gasteiger charge is -2.31. The third kappa shape index (κ3) is 6.54. The zero-order chi connectivity index (χ0) is 26.1. The molecule has 10 nitrogen and oxygen atoms in total. The van der Waals surface area contributed by atoms with Crippen LogP contribution in [0, 0.1) is 10.1 Å². The average Bonchev–Trinajstić information content (AvgIpc) is 2.86. The van der Waals surface area contributed by atoms with E-state index >= 15 is 0 Å². The summed E-state index contributed by atoms with van der Waals surface area (Å²) in [5.41, 5.74) is 3.03. The number of esters is 1. The highest BCUT2D eigenvalue weighted by molar-refractivity contribution is 6.02. The number of aromatic nitrogens is 1. The Kier molecular flexibility index (Phi) is 9.29. The summed E-state index contributed by atoms with van der Waals surface area (Å²) in [6.07, 6.45) is 4.92. The molecule has 0 saturated carbocycles. The van der Waals surface area contributed by atoms with Crippen molar-refractivity contribution in [1.82, 2.24) is 15.6 Å². The highest BCUT2D eigenvalue weighted by Gasteiger charge is 2.37. The number of nitro benzene ring substituents is 1. The number of hydrogen-bond donors (Lipinski definition) is 2. The van der Waals surface area contributed by atoms with Crippen molar-refractivity contribution in [1.29, 1.82) is 0 Å². The summed E-state index contributed by atoms with van der Waals surface area (Å²) in [7, 11) is 1.50. The summed E-state index contributed by atoms with van der Waals surface area (Å²) in [5, 5.41) is 17.5. The Morgan fingerprint density at radius 3 is 2.53 bits per heavy atom. The first-order chi connectivity index (χ1) is 17.3. The van der Waals surface area contributed by atoms with Crippen molar-refractivity contribution in [2.75, 3.05) is 26.9 Å². The quantitative estimate of drug-likeness (QED) is 0.211. The second kappa shape index (κ2) is 12.6. The van der Waals surface area contributed by atoms with E-state index in [1.807, 2.05) is 12.1 Å². The molecule has 1 amide bonds. The molecule has 1 aliphatic rings. The van der Waals surface area contributed by atoms with E-state index in [-0.39, 0.29) is 30.4 Å². The number of hydrogen-bond acceptors (Lipinski definition) is 8. The number of nitro groups is 1. The largest absolute Gasteiger partial charge is 0.460 e. The monoisotopic (exact) mass is 494 g/mol. The molecule has 0 fully saturated rings. The molecule has 2 N–H and O–H groups in total. The van der Waals surface area contributed by atoms with Gasteiger partial charge in [0.15, 0.2) is 0 Å². The smallest absolute Gasteiger partial charge is 0.336 e. The molecule has 36 heavy (non-hydrogen) atoms. The van der Waals surface area contributed by atoms with Gasteiger partial charge in [0.25, 0.3) is 5.69 Å². The molecular weight excluding hydrogens is 464 g/mol. The van der Waals surface area contributed by atoms with Crippen LogP contribution < -0.4 is 10.6 Å². The molecular formula is C26H30N4O6. The minimum Gasteiger partial charge on any atom is -0.460 e. The Morgan fingerprint density at radius 1 is 1.11 bits per heavy atom. The molecule has 2 heterocycles. The van der Waals surface area contributed by atoms with Crippen LogP contribution in [0.3, 0.4) is 0 Å². The molecule has 10 heteroatoms. The van der Waals surface area contributed by atoms with Crippen LogP contribution in [0.25, 0.3) is 0 Å². The minimum atomic E-state index is -0.846. The van der Waals surface area contributed by atoms with Crippen molar-refractivity contribution in [3.05, 3.63) is 92.6 Å². The van der Waals surface area contributed by atoms with Crippen LogP contribution in [0.2, 0.25) is 0 Å². The number of non-ortho nitro benzene ring substituents is 1. The minimum absolute atomic E-state index is 0.0347. The van der Waals surface area contributed by atoms with Crippen molar-refractivity contribution in [3.63, 3.8) is 0 Å². The third-order valence-electron chi connectivity index (χ3n) is 5.84. The molecule has 0 saturated heterocycles. The van der Waals surface area contributed by atoms with E-state index in [4.69, 9.17) is 9.47 Å². The number of rotatable bonds is 11. The fourth-order valence-electron chi connectivity index (χ4n) is 4.15. The second-order valence-corrected chi connectivity index (χ2v) is 8.33. The molecule has 190 valence electrons. The number of nitrogens with one attached hydrogen (secondary N) is 2. The number of pyridine rings is 1. The molecule has 0 aliphatic carbocycles. The van der Waals surface area contributed by atoms with E-state index in [0.717, 1.165) is 12.0 Å². The zero-order valence-corrected chi connectivity index (χ0v) is 20.6. The molecule has 1 aliphatic heterocycles. The van der Waals surface area contributed by atoms with Crippen molar-refractivity contribution in [2.45, 2.75) is 32.6 Å². The first kappa shape index (κ1) is 26.6. The first-order valence-electron chi connectivity index (χ1n) is 11.6. The zero-order valence-electron chi connectivity index (χ0n) is 20.6. The van der Waals surface area contributed by atoms with Crippen LogP contribution >= 0.6 is 0 Å². The maximum absolute atomic E-state index is 13.4. The van der Waals surface area contributed by atoms with E-state index in [9.17, 15) is 19.7 Å². The summed E-state index contributed by atoms with van der Waals surface area (Å²) in [5.74, 6) is -1.83. The fourth-order valence-corrected chi connectivity index (χ4v) is 4.15. The molecule has 0 bridgehead atoms. The van der Waals surface area contributed by atoms with Crippen molar-refractivity contribution >= 4 is 17.6 Å². The van der Waals surface area contributed by atoms with Gasteiger partial charge < -0.3 is 20.1 Å². The third-order valence-corrected chi connectivity index (χ3v) is 5.84. The SMILES string of the molecule is COCCOC(=O)C1=C(C)NC(C)=C(C(=O)NCCCc2ccncc2)C1c1cccc([N+](=O)[O-])c1. The second-order valence-electron chi connectivity index (χ2n) is 8.33. The van der Waals surface area contributed by atoms with Gasteiger partial charge >= 0.3 is 5.97 Å². The average molecular weight is 495 g/mol. The molecule has 0 spiro atoms. The van der Waals surface area contributed by atoms with Gasteiger partial charge in [0, 0.05) is 55.1 Å². The van der Waals surface area contributed by atoms with E-state index in [0.29, 0.717) is 35.5 Å². The number of aryl methyl sites for hydroxylation is 1. The van der Waals surface area contributed by atoms with Crippen LogP contribution in [0.15, 0.2) is 71.3 Å². The Balaban J connectivity index is 1.89. The van der Waals surface area contributed by atoms with Crippen molar-refractivity contribution in [3.8, 4) is 0 Å². The first-order valence-corrected chi connectivity index (χ1v) is 11.6. The fraction of sp³-hybridized carbons (Fsp3) is 0.346. The number of ether oxygens (including phenoxy) is 2. The van der Waals surface area contributed by atoms with Crippen molar-refractivity contribution in [2.24, 2.45) is 0 Å². The number of dihydropyridines is 1. The van der Waals surface area contributed by atoms with E-state index in [1.54, 1.807) is 32.3 Å². The van der Waals surface area contributed by atoms with Gasteiger partial charge in [-0.2, -0.15) is 0 Å². The van der Waals surface area contributed by atoms with E-state index in [2.05, 4.69) is 15.6 Å². The molecule has 2 aromatic rings. The van der Waals surface area contributed by atoms with Gasteiger partial charge in [0.1, 0.15) is 6.61 Å². The Morgan fingerprint density at radius 2 is 1.83 bits per heavy atom. The van der Waals surface area contributed by atoms with Crippen molar-refractivity contribution < 1.29 is 24.0 Å². The van der Waals surface area contributed by atoms with Crippen LogP contribution in [0.4, 0.5) is 5.69 Å². The topological polar surface area (TPSA) is 133 Å². The summed E-state index contributed by atoms with van der Waals surface area (Å²) < 4.78 is 10.3. The number of amides is 1. The lowest BCUT2D eigenvalue weighted by molar-refractivity contribution is -0.384. The van der Waals surface area contributed by atoms with Gasteiger partial charge in [-0.15, -0.1) is 0 Å². The lowest BCUT2D eigenvalue weighted by atomic mass is 9.80. The van der Waals surface area contributed by atoms with E-state index < -0.39 is 16.8 Å². The number of allylic oxidation sites excluding steroid dienone is 2. The number of methoxy groups -OCH3 is 1. The van der Waals surface area contributed by atoms with Crippen LogP contribution in [-0.4, -0.2) is 48.7 Å². The summed E-state index contributed by atoms with van der Waals surface area (Å²) in [6.45, 7) is 4.12.